The molecule has 2 fully saturated rings. The normalized spacial score (nSPS) is 26.5. The molecule has 2 saturated carbocycles. The van der Waals surface area contributed by atoms with Gasteiger partial charge in [-0.05, 0) is 31.4 Å². The van der Waals surface area contributed by atoms with Crippen LogP contribution in [-0.2, 0) is 6.18 Å². The summed E-state index contributed by atoms with van der Waals surface area (Å²) in [6.45, 7) is 0. The summed E-state index contributed by atoms with van der Waals surface area (Å²) in [5.41, 5.74) is 5.99. The lowest BCUT2D eigenvalue weighted by molar-refractivity contribution is -0.134. The van der Waals surface area contributed by atoms with E-state index in [1.54, 1.807) is 0 Å². The monoisotopic (exact) mass is 340 g/mol. The fraction of sp³-hybridized carbons (Fsp3) is 0.615. The molecule has 8 heteroatoms. The lowest BCUT2D eigenvalue weighted by Crippen LogP contribution is -2.69. The minimum atomic E-state index is -4.39. The largest absolute Gasteiger partial charge is 0.425 e. The molecule has 2 aliphatic rings. The molecule has 1 aromatic heterocycles. The first kappa shape index (κ1) is 16.6. The van der Waals surface area contributed by atoms with Crippen molar-refractivity contribution >= 4 is 29.7 Å². The third kappa shape index (κ3) is 2.66. The molecule has 0 aromatic carbocycles. The molecule has 0 radical (unpaired) electrons. The highest BCUT2D eigenvalue weighted by Gasteiger charge is 2.57. The third-order valence-electron chi connectivity index (χ3n) is 4.62. The summed E-state index contributed by atoms with van der Waals surface area (Å²) in [5.74, 6) is -0.423. The van der Waals surface area contributed by atoms with E-state index >= 15 is 0 Å². The van der Waals surface area contributed by atoms with Gasteiger partial charge < -0.3 is 11.1 Å². The molecule has 3 nitrogen and oxygen atoms in total. The lowest BCUT2D eigenvalue weighted by atomic mass is 9.50. The average Bonchev–Trinajstić information content (AvgIpc) is 2.74. The molecule has 1 amide bonds. The van der Waals surface area contributed by atoms with Crippen LogP contribution in [0.1, 0.15) is 40.2 Å². The van der Waals surface area contributed by atoms with Gasteiger partial charge in [-0.2, -0.15) is 13.2 Å². The number of nitrogens with one attached hydrogen (secondary N) is 1. The molecular weight excluding hydrogens is 325 g/mol. The third-order valence-corrected chi connectivity index (χ3v) is 5.75. The van der Waals surface area contributed by atoms with E-state index in [1.807, 2.05) is 0 Å². The molecule has 2 atom stereocenters. The van der Waals surface area contributed by atoms with E-state index in [0.717, 1.165) is 25.3 Å². The number of hydrogen-bond donors (Lipinski definition) is 2. The van der Waals surface area contributed by atoms with Crippen molar-refractivity contribution in [2.75, 3.05) is 0 Å². The highest BCUT2D eigenvalue weighted by Crippen LogP contribution is 2.55. The zero-order valence-electron chi connectivity index (χ0n) is 11.1. The number of rotatable bonds is 2. The number of alkyl halides is 3. The van der Waals surface area contributed by atoms with E-state index in [9.17, 15) is 18.0 Å². The average molecular weight is 341 g/mol. The summed E-state index contributed by atoms with van der Waals surface area (Å²) in [5, 5.41) is 2.84. The molecule has 0 saturated heterocycles. The van der Waals surface area contributed by atoms with E-state index in [1.165, 1.54) is 6.07 Å². The Balaban J connectivity index is 0.00000161. The van der Waals surface area contributed by atoms with Gasteiger partial charge in [-0.25, -0.2) is 0 Å². The second-order valence-corrected chi connectivity index (χ2v) is 6.70. The predicted octanol–water partition coefficient (Wildman–Crippen LogP) is 3.19. The number of carbonyl (C=O) groups is 1. The van der Waals surface area contributed by atoms with Crippen LogP contribution in [0.25, 0.3) is 0 Å². The molecule has 0 aliphatic heterocycles. The standard InChI is InChI=1S/C13H15F3N2OS.ClH/c14-13(15,16)10-3-2-7(20-10)11(19)18-9-6-8(17)12(9)4-1-5-12;/h2-3,8-9H,1,4-6,17H2,(H,18,19);1H. The number of amides is 1. The smallest absolute Gasteiger partial charge is 0.348 e. The Morgan fingerprint density at radius 2 is 2.05 bits per heavy atom. The van der Waals surface area contributed by atoms with Crippen molar-refractivity contribution in [2.24, 2.45) is 11.1 Å². The van der Waals surface area contributed by atoms with E-state index in [0.29, 0.717) is 17.8 Å². The molecule has 3 N–H and O–H groups in total. The van der Waals surface area contributed by atoms with Gasteiger partial charge in [0.25, 0.3) is 5.91 Å². The molecule has 118 valence electrons. The van der Waals surface area contributed by atoms with E-state index in [-0.39, 0.29) is 34.8 Å². The zero-order valence-corrected chi connectivity index (χ0v) is 12.7. The number of carbonyl (C=O) groups excluding carboxylic acids is 1. The van der Waals surface area contributed by atoms with Crippen LogP contribution in [-0.4, -0.2) is 18.0 Å². The maximum atomic E-state index is 12.5. The van der Waals surface area contributed by atoms with E-state index in [4.69, 9.17) is 5.73 Å². The summed E-state index contributed by atoms with van der Waals surface area (Å²) < 4.78 is 37.5. The van der Waals surface area contributed by atoms with Crippen molar-refractivity contribution in [1.29, 1.82) is 0 Å². The molecule has 2 aliphatic carbocycles. The molecule has 2 unspecified atom stereocenters. The Kier molecular flexibility index (Phi) is 4.30. The fourth-order valence-electron chi connectivity index (χ4n) is 3.17. The van der Waals surface area contributed by atoms with Crippen molar-refractivity contribution in [3.05, 3.63) is 21.9 Å². The van der Waals surface area contributed by atoms with Crippen LogP contribution in [0, 0.1) is 5.41 Å². The Labute approximate surface area is 130 Å². The fourth-order valence-corrected chi connectivity index (χ4v) is 3.95. The Bertz CT molecular complexity index is 542. The summed E-state index contributed by atoms with van der Waals surface area (Å²) in [6, 6.07) is 2.30. The quantitative estimate of drug-likeness (QED) is 0.868. The van der Waals surface area contributed by atoms with Gasteiger partial charge in [-0.3, -0.25) is 4.79 Å². The van der Waals surface area contributed by atoms with Gasteiger partial charge in [0.15, 0.2) is 0 Å². The topological polar surface area (TPSA) is 55.1 Å². The van der Waals surface area contributed by atoms with Crippen molar-refractivity contribution in [3.8, 4) is 0 Å². The van der Waals surface area contributed by atoms with E-state index in [2.05, 4.69) is 5.32 Å². The Hall–Kier alpha value is -0.790. The first-order chi connectivity index (χ1) is 9.33. The van der Waals surface area contributed by atoms with Gasteiger partial charge in [0.05, 0.1) is 4.88 Å². The molecule has 1 heterocycles. The maximum Gasteiger partial charge on any atom is 0.425 e. The molecule has 0 bridgehead atoms. The molecular formula is C13H16ClF3N2OS. The minimum Gasteiger partial charge on any atom is -0.348 e. The molecule has 1 spiro atoms. The number of nitrogens with two attached hydrogens (primary N) is 1. The van der Waals surface area contributed by atoms with Gasteiger partial charge in [0, 0.05) is 17.5 Å². The second-order valence-electron chi connectivity index (χ2n) is 5.62. The zero-order chi connectivity index (χ0) is 14.5. The first-order valence-corrected chi connectivity index (χ1v) is 7.38. The summed E-state index contributed by atoms with van der Waals surface area (Å²) in [6.07, 6.45) is -0.577. The minimum absolute atomic E-state index is 0. The molecule has 21 heavy (non-hydrogen) atoms. The summed E-state index contributed by atoms with van der Waals surface area (Å²) >= 11 is 0.483. The highest BCUT2D eigenvalue weighted by atomic mass is 35.5. The Morgan fingerprint density at radius 1 is 1.38 bits per heavy atom. The molecule has 1 aromatic rings. The van der Waals surface area contributed by atoms with Crippen LogP contribution < -0.4 is 11.1 Å². The van der Waals surface area contributed by atoms with Crippen LogP contribution in [0.15, 0.2) is 12.1 Å². The van der Waals surface area contributed by atoms with Gasteiger partial charge in [0.1, 0.15) is 4.88 Å². The lowest BCUT2D eigenvalue weighted by Gasteiger charge is -2.60. The SMILES string of the molecule is Cl.NC1CC(NC(=O)c2ccc(C(F)(F)F)s2)C12CCC2. The van der Waals surface area contributed by atoms with Gasteiger partial charge >= 0.3 is 6.18 Å². The van der Waals surface area contributed by atoms with Crippen molar-refractivity contribution in [1.82, 2.24) is 5.32 Å². The Morgan fingerprint density at radius 3 is 2.48 bits per heavy atom. The predicted molar refractivity (Wildman–Crippen MR) is 76.7 cm³/mol. The van der Waals surface area contributed by atoms with Crippen molar-refractivity contribution in [2.45, 2.75) is 43.9 Å². The van der Waals surface area contributed by atoms with Crippen molar-refractivity contribution < 1.29 is 18.0 Å². The van der Waals surface area contributed by atoms with Gasteiger partial charge in [0.2, 0.25) is 0 Å². The van der Waals surface area contributed by atoms with Crippen LogP contribution in [0.5, 0.6) is 0 Å². The van der Waals surface area contributed by atoms with Crippen LogP contribution in [0.2, 0.25) is 0 Å². The first-order valence-electron chi connectivity index (χ1n) is 6.56. The van der Waals surface area contributed by atoms with Gasteiger partial charge in [-0.1, -0.05) is 6.42 Å². The second kappa shape index (κ2) is 5.44. The van der Waals surface area contributed by atoms with Crippen LogP contribution >= 0.6 is 23.7 Å². The molecule has 3 rings (SSSR count). The number of thiophene rings is 1. The van der Waals surface area contributed by atoms with Crippen molar-refractivity contribution in [3.63, 3.8) is 0 Å². The summed E-state index contributed by atoms with van der Waals surface area (Å²) in [7, 11) is 0. The highest BCUT2D eigenvalue weighted by molar-refractivity contribution is 7.14. The number of hydrogen-bond acceptors (Lipinski definition) is 3. The number of halogens is 4. The van der Waals surface area contributed by atoms with Crippen LogP contribution in [0.4, 0.5) is 13.2 Å². The van der Waals surface area contributed by atoms with E-state index < -0.39 is 17.0 Å². The summed E-state index contributed by atoms with van der Waals surface area (Å²) in [4.78, 5) is 11.4. The van der Waals surface area contributed by atoms with Gasteiger partial charge in [-0.15, -0.1) is 23.7 Å². The van der Waals surface area contributed by atoms with Crippen LogP contribution in [0.3, 0.4) is 0 Å². The maximum absolute atomic E-state index is 12.5.